The fourth-order valence-corrected chi connectivity index (χ4v) is 1.53. The summed E-state index contributed by atoms with van der Waals surface area (Å²) in [6, 6.07) is 1.90. The van der Waals surface area contributed by atoms with Gasteiger partial charge < -0.3 is 0 Å². The molecule has 2 aromatic heterocycles. The van der Waals surface area contributed by atoms with E-state index in [1.54, 1.807) is 6.20 Å². The standard InChI is InChI=1S/C9H9Cl2N5/c1-5(2)6-3-4-16(15-6)9-13-7(10)12-8(11)14-9/h3-5H,1-2H3. The first-order valence-corrected chi connectivity index (χ1v) is 5.45. The molecule has 0 bridgehead atoms. The highest BCUT2D eigenvalue weighted by atomic mass is 35.5. The zero-order valence-electron chi connectivity index (χ0n) is 8.72. The zero-order valence-corrected chi connectivity index (χ0v) is 10.2. The van der Waals surface area contributed by atoms with Crippen molar-refractivity contribution in [2.24, 2.45) is 0 Å². The molecule has 5 nitrogen and oxygen atoms in total. The van der Waals surface area contributed by atoms with Crippen molar-refractivity contribution in [2.45, 2.75) is 19.8 Å². The van der Waals surface area contributed by atoms with Gasteiger partial charge in [-0.3, -0.25) is 0 Å². The van der Waals surface area contributed by atoms with E-state index in [0.29, 0.717) is 11.9 Å². The minimum atomic E-state index is 0.0524. The lowest BCUT2D eigenvalue weighted by Gasteiger charge is -2.01. The maximum atomic E-state index is 5.68. The number of aromatic nitrogens is 5. The average molecular weight is 258 g/mol. The fraction of sp³-hybridized carbons (Fsp3) is 0.333. The molecule has 2 heterocycles. The Bertz CT molecular complexity index is 488. The van der Waals surface area contributed by atoms with E-state index >= 15 is 0 Å². The van der Waals surface area contributed by atoms with Crippen LogP contribution in [0.5, 0.6) is 0 Å². The molecule has 0 radical (unpaired) electrons. The minimum Gasteiger partial charge on any atom is -0.206 e. The SMILES string of the molecule is CC(C)c1ccn(-c2nc(Cl)nc(Cl)n2)n1. The summed E-state index contributed by atoms with van der Waals surface area (Å²) in [6.45, 7) is 4.11. The van der Waals surface area contributed by atoms with Gasteiger partial charge in [-0.15, -0.1) is 0 Å². The predicted molar refractivity (Wildman–Crippen MR) is 61.1 cm³/mol. The van der Waals surface area contributed by atoms with Crippen molar-refractivity contribution >= 4 is 23.2 Å². The summed E-state index contributed by atoms with van der Waals surface area (Å²) in [5.41, 5.74) is 0.952. The summed E-state index contributed by atoms with van der Waals surface area (Å²) in [4.78, 5) is 11.5. The van der Waals surface area contributed by atoms with E-state index in [-0.39, 0.29) is 10.6 Å². The molecule has 0 atom stereocenters. The second-order valence-corrected chi connectivity index (χ2v) is 4.19. The Morgan fingerprint density at radius 1 is 1.12 bits per heavy atom. The molecule has 0 aliphatic rings. The van der Waals surface area contributed by atoms with Gasteiger partial charge in [0.2, 0.25) is 10.6 Å². The fourth-order valence-electron chi connectivity index (χ4n) is 1.18. The van der Waals surface area contributed by atoms with Crippen molar-refractivity contribution in [3.05, 3.63) is 28.5 Å². The third-order valence-electron chi connectivity index (χ3n) is 1.98. The molecule has 7 heteroatoms. The van der Waals surface area contributed by atoms with Gasteiger partial charge in [-0.2, -0.15) is 20.1 Å². The number of halogens is 2. The maximum Gasteiger partial charge on any atom is 0.256 e. The van der Waals surface area contributed by atoms with Gasteiger partial charge in [-0.1, -0.05) is 13.8 Å². The highest BCUT2D eigenvalue weighted by Gasteiger charge is 2.08. The second kappa shape index (κ2) is 4.35. The lowest BCUT2D eigenvalue weighted by Crippen LogP contribution is -2.04. The highest BCUT2D eigenvalue weighted by Crippen LogP contribution is 2.13. The summed E-state index contributed by atoms with van der Waals surface area (Å²) >= 11 is 11.4. The molecule has 0 saturated carbocycles. The topological polar surface area (TPSA) is 56.5 Å². The van der Waals surface area contributed by atoms with Crippen LogP contribution in [0.3, 0.4) is 0 Å². The van der Waals surface area contributed by atoms with Crippen LogP contribution in [0.25, 0.3) is 5.95 Å². The van der Waals surface area contributed by atoms with Crippen molar-refractivity contribution in [3.63, 3.8) is 0 Å². The Morgan fingerprint density at radius 3 is 2.25 bits per heavy atom. The molecule has 2 aromatic rings. The van der Waals surface area contributed by atoms with Crippen LogP contribution >= 0.6 is 23.2 Å². The van der Waals surface area contributed by atoms with Crippen LogP contribution in [0.2, 0.25) is 10.6 Å². The molecule has 0 aliphatic carbocycles. The number of hydrogen-bond donors (Lipinski definition) is 0. The van der Waals surface area contributed by atoms with Gasteiger partial charge in [0, 0.05) is 6.20 Å². The second-order valence-electron chi connectivity index (χ2n) is 3.51. The maximum absolute atomic E-state index is 5.68. The monoisotopic (exact) mass is 257 g/mol. The average Bonchev–Trinajstić information content (AvgIpc) is 2.64. The highest BCUT2D eigenvalue weighted by molar-refractivity contribution is 6.31. The Kier molecular flexibility index (Phi) is 3.07. The normalized spacial score (nSPS) is 11.1. The van der Waals surface area contributed by atoms with Crippen molar-refractivity contribution in [3.8, 4) is 5.95 Å². The van der Waals surface area contributed by atoms with E-state index in [4.69, 9.17) is 23.2 Å². The van der Waals surface area contributed by atoms with Gasteiger partial charge >= 0.3 is 0 Å². The lowest BCUT2D eigenvalue weighted by atomic mass is 10.1. The summed E-state index contributed by atoms with van der Waals surface area (Å²) < 4.78 is 1.52. The van der Waals surface area contributed by atoms with Gasteiger partial charge in [0.15, 0.2) is 0 Å². The number of nitrogens with zero attached hydrogens (tertiary/aromatic N) is 5. The number of rotatable bonds is 2. The van der Waals surface area contributed by atoms with Crippen LogP contribution in [0, 0.1) is 0 Å². The molecule has 0 fully saturated rings. The van der Waals surface area contributed by atoms with E-state index in [2.05, 4.69) is 33.9 Å². The largest absolute Gasteiger partial charge is 0.256 e. The summed E-state index contributed by atoms with van der Waals surface area (Å²) in [5, 5.41) is 4.41. The van der Waals surface area contributed by atoms with E-state index in [0.717, 1.165) is 5.69 Å². The molecule has 0 aliphatic heterocycles. The Balaban J connectivity index is 2.42. The third-order valence-corrected chi connectivity index (χ3v) is 2.31. The van der Waals surface area contributed by atoms with Gasteiger partial charge in [-0.25, -0.2) is 4.68 Å². The van der Waals surface area contributed by atoms with Gasteiger partial charge in [-0.05, 0) is 35.2 Å². The quantitative estimate of drug-likeness (QED) is 0.830. The van der Waals surface area contributed by atoms with E-state index in [1.165, 1.54) is 4.68 Å². The van der Waals surface area contributed by atoms with Crippen LogP contribution < -0.4 is 0 Å². The Morgan fingerprint density at radius 2 is 1.75 bits per heavy atom. The molecule has 0 amide bonds. The van der Waals surface area contributed by atoms with E-state index in [1.807, 2.05) is 6.07 Å². The van der Waals surface area contributed by atoms with Crippen molar-refractivity contribution in [2.75, 3.05) is 0 Å². The minimum absolute atomic E-state index is 0.0524. The molecule has 0 unspecified atom stereocenters. The molecule has 16 heavy (non-hydrogen) atoms. The smallest absolute Gasteiger partial charge is 0.206 e. The van der Waals surface area contributed by atoms with Gasteiger partial charge in [0.25, 0.3) is 5.95 Å². The van der Waals surface area contributed by atoms with Crippen LogP contribution in [0.4, 0.5) is 0 Å². The van der Waals surface area contributed by atoms with Crippen molar-refractivity contribution in [1.82, 2.24) is 24.7 Å². The first-order valence-electron chi connectivity index (χ1n) is 4.69. The molecule has 0 N–H and O–H groups in total. The summed E-state index contributed by atoms with van der Waals surface area (Å²) in [5.74, 6) is 0.658. The van der Waals surface area contributed by atoms with Crippen LogP contribution in [-0.4, -0.2) is 24.7 Å². The van der Waals surface area contributed by atoms with E-state index in [9.17, 15) is 0 Å². The third kappa shape index (κ3) is 2.31. The first kappa shape index (κ1) is 11.3. The van der Waals surface area contributed by atoms with Crippen LogP contribution in [0.15, 0.2) is 12.3 Å². The number of hydrogen-bond acceptors (Lipinski definition) is 4. The molecule has 0 aromatic carbocycles. The Hall–Kier alpha value is -1.20. The van der Waals surface area contributed by atoms with Crippen molar-refractivity contribution in [1.29, 1.82) is 0 Å². The molecule has 0 spiro atoms. The predicted octanol–water partition coefficient (Wildman–Crippen LogP) is 2.49. The lowest BCUT2D eigenvalue weighted by molar-refractivity contribution is 0.737. The Labute approximate surface area is 102 Å². The van der Waals surface area contributed by atoms with Crippen LogP contribution in [0.1, 0.15) is 25.5 Å². The molecule has 84 valence electrons. The van der Waals surface area contributed by atoms with E-state index < -0.39 is 0 Å². The summed E-state index contributed by atoms with van der Waals surface area (Å²) in [7, 11) is 0. The molecular weight excluding hydrogens is 249 g/mol. The zero-order chi connectivity index (χ0) is 11.7. The molecular formula is C9H9Cl2N5. The molecule has 0 saturated heterocycles. The van der Waals surface area contributed by atoms with Gasteiger partial charge in [0.05, 0.1) is 5.69 Å². The first-order chi connectivity index (χ1) is 7.56. The summed E-state index contributed by atoms with van der Waals surface area (Å²) in [6.07, 6.45) is 1.76. The van der Waals surface area contributed by atoms with Crippen molar-refractivity contribution < 1.29 is 0 Å². The van der Waals surface area contributed by atoms with Gasteiger partial charge in [0.1, 0.15) is 0 Å². The molecule has 2 rings (SSSR count). The van der Waals surface area contributed by atoms with Crippen LogP contribution in [-0.2, 0) is 0 Å².